The molecule has 110 valence electrons. The van der Waals surface area contributed by atoms with Gasteiger partial charge in [-0.05, 0) is 36.4 Å². The molecular formula is C17H16N4O. The third-order valence-electron chi connectivity index (χ3n) is 3.23. The number of hydrogen-bond donors (Lipinski definition) is 2. The summed E-state index contributed by atoms with van der Waals surface area (Å²) in [5, 5.41) is 3.23. The summed E-state index contributed by atoms with van der Waals surface area (Å²) in [6, 6.07) is 17.1. The Bertz CT molecular complexity index is 772. The Morgan fingerprint density at radius 1 is 1.00 bits per heavy atom. The van der Waals surface area contributed by atoms with Crippen molar-refractivity contribution in [1.82, 2.24) is 9.97 Å². The lowest BCUT2D eigenvalue weighted by Gasteiger charge is -2.10. The molecule has 3 aromatic rings. The molecule has 0 spiro atoms. The molecule has 0 saturated heterocycles. The normalized spacial score (nSPS) is 10.2. The number of para-hydroxylation sites is 1. The number of nitrogens with one attached hydrogen (secondary N) is 1. The Morgan fingerprint density at radius 3 is 2.55 bits per heavy atom. The highest BCUT2D eigenvalue weighted by molar-refractivity contribution is 5.70. The van der Waals surface area contributed by atoms with Crippen LogP contribution in [0.4, 0.5) is 17.2 Å². The monoisotopic (exact) mass is 292 g/mol. The van der Waals surface area contributed by atoms with Crippen LogP contribution >= 0.6 is 0 Å². The van der Waals surface area contributed by atoms with Crippen molar-refractivity contribution in [2.45, 2.75) is 0 Å². The van der Waals surface area contributed by atoms with Crippen molar-refractivity contribution in [1.29, 1.82) is 0 Å². The van der Waals surface area contributed by atoms with E-state index in [0.717, 1.165) is 28.4 Å². The fraction of sp³-hybridized carbons (Fsp3) is 0.0588. The smallest absolute Gasteiger partial charge is 0.134 e. The second-order valence-corrected chi connectivity index (χ2v) is 4.74. The van der Waals surface area contributed by atoms with Crippen molar-refractivity contribution in [2.75, 3.05) is 18.2 Å². The zero-order valence-electron chi connectivity index (χ0n) is 12.2. The molecule has 0 bridgehead atoms. The third-order valence-corrected chi connectivity index (χ3v) is 3.23. The maximum Gasteiger partial charge on any atom is 0.134 e. The van der Waals surface area contributed by atoms with Crippen LogP contribution in [0.15, 0.2) is 60.9 Å². The first-order valence-electron chi connectivity index (χ1n) is 6.84. The summed E-state index contributed by atoms with van der Waals surface area (Å²) in [6.45, 7) is 0. The van der Waals surface area contributed by atoms with Gasteiger partial charge in [-0.3, -0.25) is 0 Å². The first-order valence-corrected chi connectivity index (χ1v) is 6.84. The first-order chi connectivity index (χ1) is 10.8. The van der Waals surface area contributed by atoms with Gasteiger partial charge in [0, 0.05) is 23.0 Å². The highest BCUT2D eigenvalue weighted by Gasteiger charge is 2.07. The van der Waals surface area contributed by atoms with E-state index in [1.165, 1.54) is 6.33 Å². The standard InChI is InChI=1S/C17H16N4O/c1-22-16-5-3-2-4-14(16)15-10-17(20-11-19-15)21-13-8-6-12(18)7-9-13/h2-11H,18H2,1H3,(H,19,20,21). The SMILES string of the molecule is COc1ccccc1-c1cc(Nc2ccc(N)cc2)ncn1. The molecule has 0 aliphatic rings. The van der Waals surface area contributed by atoms with Crippen LogP contribution in [-0.2, 0) is 0 Å². The van der Waals surface area contributed by atoms with Crippen molar-refractivity contribution >= 4 is 17.2 Å². The van der Waals surface area contributed by atoms with Crippen LogP contribution in [0.5, 0.6) is 5.75 Å². The highest BCUT2D eigenvalue weighted by Crippen LogP contribution is 2.29. The van der Waals surface area contributed by atoms with E-state index in [2.05, 4.69) is 15.3 Å². The molecule has 0 amide bonds. The summed E-state index contributed by atoms with van der Waals surface area (Å²) >= 11 is 0. The molecule has 3 rings (SSSR count). The molecule has 3 N–H and O–H groups in total. The molecule has 22 heavy (non-hydrogen) atoms. The number of nitrogen functional groups attached to an aromatic ring is 1. The van der Waals surface area contributed by atoms with Crippen LogP contribution in [0.25, 0.3) is 11.3 Å². The molecule has 0 radical (unpaired) electrons. The second kappa shape index (κ2) is 6.13. The maximum absolute atomic E-state index is 5.68. The number of nitrogens with zero attached hydrogens (tertiary/aromatic N) is 2. The maximum atomic E-state index is 5.68. The Morgan fingerprint density at radius 2 is 1.77 bits per heavy atom. The van der Waals surface area contributed by atoms with Gasteiger partial charge in [0.1, 0.15) is 17.9 Å². The predicted octanol–water partition coefficient (Wildman–Crippen LogP) is 3.48. The van der Waals surface area contributed by atoms with E-state index in [-0.39, 0.29) is 0 Å². The summed E-state index contributed by atoms with van der Waals surface area (Å²) < 4.78 is 5.38. The van der Waals surface area contributed by atoms with Gasteiger partial charge in [-0.2, -0.15) is 0 Å². The Hall–Kier alpha value is -3.08. The molecular weight excluding hydrogens is 276 g/mol. The van der Waals surface area contributed by atoms with E-state index in [0.29, 0.717) is 5.82 Å². The number of nitrogens with two attached hydrogens (primary N) is 1. The second-order valence-electron chi connectivity index (χ2n) is 4.74. The van der Waals surface area contributed by atoms with Gasteiger partial charge in [0.25, 0.3) is 0 Å². The van der Waals surface area contributed by atoms with Gasteiger partial charge < -0.3 is 15.8 Å². The van der Waals surface area contributed by atoms with E-state index >= 15 is 0 Å². The summed E-state index contributed by atoms with van der Waals surface area (Å²) in [6.07, 6.45) is 1.53. The average Bonchev–Trinajstić information content (AvgIpc) is 2.57. The van der Waals surface area contributed by atoms with Crippen molar-refractivity contribution in [2.24, 2.45) is 0 Å². The minimum Gasteiger partial charge on any atom is -0.496 e. The van der Waals surface area contributed by atoms with Crippen molar-refractivity contribution in [3.63, 3.8) is 0 Å². The van der Waals surface area contributed by atoms with Crippen molar-refractivity contribution in [3.8, 4) is 17.0 Å². The molecule has 1 aromatic heterocycles. The number of anilines is 3. The molecule has 5 heteroatoms. The van der Waals surface area contributed by atoms with Gasteiger partial charge in [0.2, 0.25) is 0 Å². The van der Waals surface area contributed by atoms with E-state index in [1.807, 2.05) is 54.6 Å². The summed E-state index contributed by atoms with van der Waals surface area (Å²) in [4.78, 5) is 8.57. The Kier molecular flexibility index (Phi) is 3.87. The minimum absolute atomic E-state index is 0.709. The zero-order chi connectivity index (χ0) is 15.4. The van der Waals surface area contributed by atoms with Crippen molar-refractivity contribution in [3.05, 3.63) is 60.9 Å². The van der Waals surface area contributed by atoms with Crippen LogP contribution in [0.1, 0.15) is 0 Å². The van der Waals surface area contributed by atoms with Gasteiger partial charge in [-0.25, -0.2) is 9.97 Å². The van der Waals surface area contributed by atoms with E-state index in [1.54, 1.807) is 7.11 Å². The molecule has 0 atom stereocenters. The van der Waals surface area contributed by atoms with Crippen LogP contribution in [0, 0.1) is 0 Å². The third kappa shape index (κ3) is 2.98. The quantitative estimate of drug-likeness (QED) is 0.720. The van der Waals surface area contributed by atoms with Gasteiger partial charge in [0.05, 0.1) is 12.8 Å². The number of rotatable bonds is 4. The lowest BCUT2D eigenvalue weighted by atomic mass is 10.1. The number of methoxy groups -OCH3 is 1. The Labute approximate surface area is 128 Å². The molecule has 5 nitrogen and oxygen atoms in total. The number of ether oxygens (including phenoxy) is 1. The van der Waals surface area contributed by atoms with Crippen LogP contribution < -0.4 is 15.8 Å². The van der Waals surface area contributed by atoms with Gasteiger partial charge >= 0.3 is 0 Å². The number of hydrogen-bond acceptors (Lipinski definition) is 5. The lowest BCUT2D eigenvalue weighted by molar-refractivity contribution is 0.416. The van der Waals surface area contributed by atoms with E-state index in [9.17, 15) is 0 Å². The fourth-order valence-corrected chi connectivity index (χ4v) is 2.14. The molecule has 0 aliphatic heterocycles. The largest absolute Gasteiger partial charge is 0.496 e. The van der Waals surface area contributed by atoms with Crippen LogP contribution in [0.3, 0.4) is 0 Å². The van der Waals surface area contributed by atoms with Gasteiger partial charge in [0.15, 0.2) is 0 Å². The minimum atomic E-state index is 0.709. The molecule has 2 aromatic carbocycles. The summed E-state index contributed by atoms with van der Waals surface area (Å²) in [5.41, 5.74) is 9.05. The van der Waals surface area contributed by atoms with Crippen LogP contribution in [-0.4, -0.2) is 17.1 Å². The Balaban J connectivity index is 1.91. The lowest BCUT2D eigenvalue weighted by Crippen LogP contribution is -1.96. The summed E-state index contributed by atoms with van der Waals surface area (Å²) in [5.74, 6) is 1.49. The number of benzene rings is 2. The molecule has 0 saturated carbocycles. The molecule has 0 aliphatic carbocycles. The molecule has 1 heterocycles. The van der Waals surface area contributed by atoms with Gasteiger partial charge in [-0.15, -0.1) is 0 Å². The topological polar surface area (TPSA) is 73.1 Å². The summed E-state index contributed by atoms with van der Waals surface area (Å²) in [7, 11) is 1.65. The van der Waals surface area contributed by atoms with E-state index < -0.39 is 0 Å². The highest BCUT2D eigenvalue weighted by atomic mass is 16.5. The number of aromatic nitrogens is 2. The fourth-order valence-electron chi connectivity index (χ4n) is 2.14. The van der Waals surface area contributed by atoms with Crippen molar-refractivity contribution < 1.29 is 4.74 Å². The van der Waals surface area contributed by atoms with Crippen LogP contribution in [0.2, 0.25) is 0 Å². The van der Waals surface area contributed by atoms with E-state index in [4.69, 9.17) is 10.5 Å². The average molecular weight is 292 g/mol. The molecule has 0 fully saturated rings. The zero-order valence-corrected chi connectivity index (χ0v) is 12.2. The predicted molar refractivity (Wildman–Crippen MR) is 88.2 cm³/mol. The first kappa shape index (κ1) is 13.9. The van der Waals surface area contributed by atoms with Gasteiger partial charge in [-0.1, -0.05) is 12.1 Å². The molecule has 0 unspecified atom stereocenters.